The maximum atomic E-state index is 16.0. The number of anilines is 2. The number of ether oxygens (including phenoxy) is 4. The van der Waals surface area contributed by atoms with Gasteiger partial charge in [-0.05, 0) is 49.7 Å². The molecule has 0 unspecified atom stereocenters. The average Bonchev–Trinajstić information content (AvgIpc) is 3.72. The van der Waals surface area contributed by atoms with Crippen molar-refractivity contribution in [3.8, 4) is 22.8 Å². The second kappa shape index (κ2) is 15.7. The molecule has 0 spiro atoms. The number of benzene rings is 1. The van der Waals surface area contributed by atoms with Gasteiger partial charge in [0.25, 0.3) is 0 Å². The molecule has 0 amide bonds. The van der Waals surface area contributed by atoms with E-state index in [1.54, 1.807) is 40.3 Å². The summed E-state index contributed by atoms with van der Waals surface area (Å²) in [7, 11) is 1.63. The standard InChI is InChI=1S/C34H47FN8O4S2/c1-44-26-17-29(33(35)30(18-26)45-2)43(22-32-36-11-12-41(32)23-46-13-15-48(3,4)5)31-10-9-27-34(40-31)39-28(20-37-27)25-19-38-42(21-25)24-47-14-16-49(6,7)8/h9-12,17-21H,13-16,22-24H2,1-8H3. The Morgan fingerprint density at radius 2 is 1.59 bits per heavy atom. The van der Waals surface area contributed by atoms with E-state index in [1.807, 2.05) is 23.0 Å². The first-order valence-electron chi connectivity index (χ1n) is 15.7. The van der Waals surface area contributed by atoms with Crippen molar-refractivity contribution < 1.29 is 23.3 Å². The lowest BCUT2D eigenvalue weighted by molar-refractivity contribution is 0.0809. The molecule has 0 aliphatic rings. The minimum Gasteiger partial charge on any atom is -0.497 e. The topological polar surface area (TPSA) is 114 Å². The van der Waals surface area contributed by atoms with Crippen molar-refractivity contribution in [2.45, 2.75) is 20.0 Å². The van der Waals surface area contributed by atoms with Crippen molar-refractivity contribution >= 4 is 42.7 Å². The van der Waals surface area contributed by atoms with E-state index in [4.69, 9.17) is 28.9 Å². The molecule has 1 aromatic carbocycles. The Morgan fingerprint density at radius 1 is 0.857 bits per heavy atom. The second-order valence-electron chi connectivity index (χ2n) is 13.3. The fourth-order valence-electron chi connectivity index (χ4n) is 4.74. The zero-order valence-corrected chi connectivity index (χ0v) is 31.2. The number of aromatic nitrogens is 7. The quantitative estimate of drug-likeness (QED) is 0.108. The van der Waals surface area contributed by atoms with Gasteiger partial charge in [-0.3, -0.25) is 4.98 Å². The zero-order chi connectivity index (χ0) is 35.2. The Morgan fingerprint density at radius 3 is 2.29 bits per heavy atom. The Labute approximate surface area is 290 Å². The normalized spacial score (nSPS) is 12.8. The van der Waals surface area contributed by atoms with Crippen LogP contribution in [0.2, 0.25) is 0 Å². The van der Waals surface area contributed by atoms with Gasteiger partial charge in [-0.25, -0.2) is 44.1 Å². The maximum absolute atomic E-state index is 16.0. The van der Waals surface area contributed by atoms with Gasteiger partial charge in [0.15, 0.2) is 17.2 Å². The fraction of sp³-hybridized carbons (Fsp3) is 0.441. The van der Waals surface area contributed by atoms with Crippen LogP contribution >= 0.6 is 20.1 Å². The van der Waals surface area contributed by atoms with Gasteiger partial charge in [-0.2, -0.15) is 5.10 Å². The molecule has 0 fully saturated rings. The van der Waals surface area contributed by atoms with E-state index in [1.165, 1.54) is 20.3 Å². The van der Waals surface area contributed by atoms with Gasteiger partial charge in [-0.15, -0.1) is 0 Å². The average molecular weight is 715 g/mol. The summed E-state index contributed by atoms with van der Waals surface area (Å²) in [4.78, 5) is 20.6. The number of imidazole rings is 1. The Balaban J connectivity index is 1.46. The molecular formula is C34H47FN8O4S2. The van der Waals surface area contributed by atoms with Gasteiger partial charge in [0, 0.05) is 47.8 Å². The third-order valence-electron chi connectivity index (χ3n) is 7.57. The van der Waals surface area contributed by atoms with E-state index in [-0.39, 0.29) is 18.0 Å². The number of rotatable bonds is 17. The molecule has 5 aromatic rings. The van der Waals surface area contributed by atoms with E-state index in [2.05, 4.69) is 52.6 Å². The number of halogens is 1. The van der Waals surface area contributed by atoms with Gasteiger partial charge in [0.2, 0.25) is 0 Å². The van der Waals surface area contributed by atoms with Gasteiger partial charge in [0.05, 0.1) is 57.8 Å². The highest BCUT2D eigenvalue weighted by Crippen LogP contribution is 2.38. The Bertz CT molecular complexity index is 1850. The van der Waals surface area contributed by atoms with Crippen LogP contribution in [0.5, 0.6) is 11.5 Å². The van der Waals surface area contributed by atoms with Crippen LogP contribution < -0.4 is 14.4 Å². The van der Waals surface area contributed by atoms with Crippen LogP contribution in [-0.2, 0) is 29.5 Å². The summed E-state index contributed by atoms with van der Waals surface area (Å²) in [6, 6.07) is 6.72. The lowest BCUT2D eigenvalue weighted by Crippen LogP contribution is -2.23. The molecule has 12 nitrogen and oxygen atoms in total. The van der Waals surface area contributed by atoms with Crippen LogP contribution in [0.25, 0.3) is 22.4 Å². The molecule has 266 valence electrons. The Kier molecular flexibility index (Phi) is 11.7. The molecule has 0 aliphatic carbocycles. The zero-order valence-electron chi connectivity index (χ0n) is 29.6. The van der Waals surface area contributed by atoms with Crippen LogP contribution in [0.1, 0.15) is 5.82 Å². The third kappa shape index (κ3) is 9.84. The van der Waals surface area contributed by atoms with Crippen molar-refractivity contribution in [2.75, 3.05) is 81.4 Å². The number of fused-ring (bicyclic) bond motifs is 1. The predicted octanol–water partition coefficient (Wildman–Crippen LogP) is 5.92. The summed E-state index contributed by atoms with van der Waals surface area (Å²) < 4.78 is 42.4. The van der Waals surface area contributed by atoms with E-state index >= 15 is 4.39 Å². The van der Waals surface area contributed by atoms with Crippen molar-refractivity contribution in [3.63, 3.8) is 0 Å². The number of nitrogens with zero attached hydrogens (tertiary/aromatic N) is 8. The summed E-state index contributed by atoms with van der Waals surface area (Å²) in [5.74, 6) is 3.02. The molecule has 5 rings (SSSR count). The first kappa shape index (κ1) is 36.4. The van der Waals surface area contributed by atoms with Gasteiger partial charge in [0.1, 0.15) is 36.4 Å². The molecular weight excluding hydrogens is 668 g/mol. The highest BCUT2D eigenvalue weighted by molar-refractivity contribution is 8.32. The predicted molar refractivity (Wildman–Crippen MR) is 198 cm³/mol. The molecule has 0 aliphatic heterocycles. The maximum Gasteiger partial charge on any atom is 0.188 e. The highest BCUT2D eigenvalue weighted by Gasteiger charge is 2.23. The number of pyridine rings is 1. The van der Waals surface area contributed by atoms with E-state index in [0.29, 0.717) is 60.9 Å². The smallest absolute Gasteiger partial charge is 0.188 e. The van der Waals surface area contributed by atoms with Crippen molar-refractivity contribution in [2.24, 2.45) is 0 Å². The Hall–Kier alpha value is -3.92. The largest absolute Gasteiger partial charge is 0.497 e. The van der Waals surface area contributed by atoms with Crippen molar-refractivity contribution in [1.82, 2.24) is 34.3 Å². The molecule has 0 saturated carbocycles. The first-order chi connectivity index (χ1) is 23.3. The van der Waals surface area contributed by atoms with Crippen molar-refractivity contribution in [1.29, 1.82) is 0 Å². The number of methoxy groups -OCH3 is 2. The summed E-state index contributed by atoms with van der Waals surface area (Å²) in [6.45, 7) is 2.15. The van der Waals surface area contributed by atoms with Gasteiger partial charge in [-0.1, -0.05) is 0 Å². The highest BCUT2D eigenvalue weighted by atomic mass is 32.3. The molecule has 15 heteroatoms. The molecule has 0 saturated heterocycles. The van der Waals surface area contributed by atoms with Gasteiger partial charge >= 0.3 is 0 Å². The van der Waals surface area contributed by atoms with Crippen LogP contribution in [0.3, 0.4) is 0 Å². The van der Waals surface area contributed by atoms with Gasteiger partial charge < -0.3 is 28.4 Å². The van der Waals surface area contributed by atoms with Crippen molar-refractivity contribution in [3.05, 3.63) is 66.9 Å². The number of hydrogen-bond acceptors (Lipinski definition) is 10. The van der Waals surface area contributed by atoms with Crippen LogP contribution in [0.4, 0.5) is 15.9 Å². The minimum absolute atomic E-state index is 0.0409. The minimum atomic E-state index is -0.684. The lowest BCUT2D eigenvalue weighted by atomic mass is 10.2. The monoisotopic (exact) mass is 714 g/mol. The third-order valence-corrected chi connectivity index (χ3v) is 10.4. The SMILES string of the molecule is COc1cc(OC)c(F)c(N(Cc2nccn2COCCS(C)(C)C)c2ccc3ncc(-c4cnn(COCCS(C)(C)C)c4)nc3n2)c1. The lowest BCUT2D eigenvalue weighted by Gasteiger charge is -2.26. The van der Waals surface area contributed by atoms with Crippen LogP contribution in [0.15, 0.2) is 55.2 Å². The summed E-state index contributed by atoms with van der Waals surface area (Å²) >= 11 is 0. The molecule has 4 aromatic heterocycles. The van der Waals surface area contributed by atoms with E-state index < -0.39 is 25.9 Å². The fourth-order valence-corrected chi connectivity index (χ4v) is 5.98. The van der Waals surface area contributed by atoms with Crippen LogP contribution in [-0.4, -0.2) is 111 Å². The molecule has 49 heavy (non-hydrogen) atoms. The first-order valence-corrected chi connectivity index (χ1v) is 21.7. The molecule has 0 N–H and O–H groups in total. The number of hydrogen-bond donors (Lipinski definition) is 0. The van der Waals surface area contributed by atoms with Crippen LogP contribution in [0, 0.1) is 5.82 Å². The molecule has 4 heterocycles. The van der Waals surface area contributed by atoms with E-state index in [0.717, 1.165) is 17.1 Å². The summed E-state index contributed by atoms with van der Waals surface area (Å²) in [5, 5.41) is 4.44. The molecule has 0 bridgehead atoms. The molecule has 0 atom stereocenters. The molecule has 0 radical (unpaired) electrons. The van der Waals surface area contributed by atoms with E-state index in [9.17, 15) is 0 Å². The second-order valence-corrected chi connectivity index (χ2v) is 22.4. The summed E-state index contributed by atoms with van der Waals surface area (Å²) in [5.41, 5.74) is 2.57. The summed E-state index contributed by atoms with van der Waals surface area (Å²) in [6.07, 6.45) is 22.4.